The lowest BCUT2D eigenvalue weighted by atomic mass is 9.77. The summed E-state index contributed by atoms with van der Waals surface area (Å²) in [6, 6.07) is 9.51. The van der Waals surface area contributed by atoms with Gasteiger partial charge in [-0.3, -0.25) is 9.59 Å². The summed E-state index contributed by atoms with van der Waals surface area (Å²) in [6.45, 7) is 2.08. The van der Waals surface area contributed by atoms with E-state index in [0.29, 0.717) is 24.4 Å². The van der Waals surface area contributed by atoms with Crippen molar-refractivity contribution in [1.29, 1.82) is 0 Å². The van der Waals surface area contributed by atoms with E-state index in [1.165, 1.54) is 18.4 Å². The van der Waals surface area contributed by atoms with Gasteiger partial charge in [0.15, 0.2) is 5.76 Å². The van der Waals surface area contributed by atoms with Gasteiger partial charge >= 0.3 is 5.97 Å². The Kier molecular flexibility index (Phi) is 5.30. The average Bonchev–Trinajstić information content (AvgIpc) is 3.19. The van der Waals surface area contributed by atoms with Crippen LogP contribution in [0.4, 0.5) is 5.69 Å². The van der Waals surface area contributed by atoms with E-state index in [1.807, 2.05) is 0 Å². The van der Waals surface area contributed by atoms with Gasteiger partial charge in [-0.15, -0.1) is 0 Å². The maximum atomic E-state index is 12.7. The minimum absolute atomic E-state index is 0.158. The number of hydrogen-bond acceptors (Lipinski definition) is 4. The van der Waals surface area contributed by atoms with Crippen molar-refractivity contribution in [2.45, 2.75) is 38.1 Å². The van der Waals surface area contributed by atoms with E-state index >= 15 is 0 Å². The third kappa shape index (κ3) is 4.19. The Bertz CT molecular complexity index is 836. The molecule has 0 radical (unpaired) electrons. The first-order chi connectivity index (χ1) is 12.9. The number of benzene rings is 1. The van der Waals surface area contributed by atoms with Gasteiger partial charge in [0, 0.05) is 11.3 Å². The predicted octanol–water partition coefficient (Wildman–Crippen LogP) is 3.30. The molecule has 1 fully saturated rings. The highest BCUT2D eigenvalue weighted by molar-refractivity contribution is 6.03. The fourth-order valence-electron chi connectivity index (χ4n) is 3.28. The van der Waals surface area contributed by atoms with Crippen LogP contribution in [-0.2, 0) is 4.79 Å². The van der Waals surface area contributed by atoms with Gasteiger partial charge in [-0.1, -0.05) is 13.0 Å². The number of hydrogen-bond donors (Lipinski definition) is 3. The molecule has 0 unspecified atom stereocenters. The summed E-state index contributed by atoms with van der Waals surface area (Å²) in [5.74, 6) is -1.30. The van der Waals surface area contributed by atoms with E-state index in [2.05, 4.69) is 17.6 Å². The SMILES string of the molecule is CC1CCC(NC(=O)c2cccc(NC(=O)c3ccco3)c2)(C(=O)O)CC1. The van der Waals surface area contributed by atoms with Crippen molar-refractivity contribution >= 4 is 23.5 Å². The molecule has 27 heavy (non-hydrogen) atoms. The van der Waals surface area contributed by atoms with Crippen LogP contribution in [0.25, 0.3) is 0 Å². The van der Waals surface area contributed by atoms with Gasteiger partial charge in [-0.05, 0) is 61.9 Å². The second kappa shape index (κ2) is 7.65. The van der Waals surface area contributed by atoms with Crippen molar-refractivity contribution in [2.24, 2.45) is 5.92 Å². The van der Waals surface area contributed by atoms with Crippen molar-refractivity contribution in [3.05, 3.63) is 54.0 Å². The fourth-order valence-corrected chi connectivity index (χ4v) is 3.28. The maximum absolute atomic E-state index is 12.7. The summed E-state index contributed by atoms with van der Waals surface area (Å²) in [4.78, 5) is 36.5. The van der Waals surface area contributed by atoms with Crippen LogP contribution in [0.2, 0.25) is 0 Å². The molecule has 2 aromatic rings. The summed E-state index contributed by atoms with van der Waals surface area (Å²) in [6.07, 6.45) is 3.72. The molecule has 2 amide bonds. The van der Waals surface area contributed by atoms with Crippen molar-refractivity contribution in [3.8, 4) is 0 Å². The normalized spacial score (nSPS) is 22.0. The molecule has 0 saturated heterocycles. The van der Waals surface area contributed by atoms with Gasteiger partial charge in [-0.2, -0.15) is 0 Å². The number of carboxylic acid groups (broad SMARTS) is 1. The number of nitrogens with one attached hydrogen (secondary N) is 2. The first kappa shape index (κ1) is 18.7. The fraction of sp³-hybridized carbons (Fsp3) is 0.350. The van der Waals surface area contributed by atoms with Crippen LogP contribution in [0.3, 0.4) is 0 Å². The van der Waals surface area contributed by atoms with E-state index in [4.69, 9.17) is 4.42 Å². The monoisotopic (exact) mass is 370 g/mol. The molecule has 1 aliphatic rings. The number of carboxylic acids is 1. The smallest absolute Gasteiger partial charge is 0.329 e. The molecule has 1 saturated carbocycles. The lowest BCUT2D eigenvalue weighted by Gasteiger charge is -2.36. The summed E-state index contributed by atoms with van der Waals surface area (Å²) in [7, 11) is 0. The minimum Gasteiger partial charge on any atom is -0.480 e. The van der Waals surface area contributed by atoms with Gasteiger partial charge in [0.2, 0.25) is 0 Å². The highest BCUT2D eigenvalue weighted by Crippen LogP contribution is 2.32. The minimum atomic E-state index is -1.24. The molecule has 0 bridgehead atoms. The molecule has 0 aliphatic heterocycles. The molecule has 3 N–H and O–H groups in total. The summed E-state index contributed by atoms with van der Waals surface area (Å²) >= 11 is 0. The number of furan rings is 1. The van der Waals surface area contributed by atoms with E-state index in [1.54, 1.807) is 24.3 Å². The molecule has 7 nitrogen and oxygen atoms in total. The topological polar surface area (TPSA) is 109 Å². The Morgan fingerprint density at radius 1 is 1.11 bits per heavy atom. The molecule has 0 spiro atoms. The van der Waals surface area contributed by atoms with Crippen molar-refractivity contribution in [2.75, 3.05) is 5.32 Å². The molecular weight excluding hydrogens is 348 g/mol. The predicted molar refractivity (Wildman–Crippen MR) is 98.6 cm³/mol. The molecule has 1 aliphatic carbocycles. The highest BCUT2D eigenvalue weighted by Gasteiger charge is 2.42. The average molecular weight is 370 g/mol. The largest absolute Gasteiger partial charge is 0.480 e. The second-order valence-electron chi connectivity index (χ2n) is 7.04. The molecule has 142 valence electrons. The Morgan fingerprint density at radius 3 is 2.48 bits per heavy atom. The zero-order valence-electron chi connectivity index (χ0n) is 15.0. The van der Waals surface area contributed by atoms with Crippen LogP contribution in [-0.4, -0.2) is 28.4 Å². The molecule has 0 atom stereocenters. The van der Waals surface area contributed by atoms with Crippen LogP contribution in [0.5, 0.6) is 0 Å². The van der Waals surface area contributed by atoms with Crippen molar-refractivity contribution in [1.82, 2.24) is 5.32 Å². The van der Waals surface area contributed by atoms with Crippen LogP contribution in [0.1, 0.15) is 53.5 Å². The lowest BCUT2D eigenvalue weighted by molar-refractivity contribution is -0.146. The van der Waals surface area contributed by atoms with Crippen LogP contribution >= 0.6 is 0 Å². The first-order valence-electron chi connectivity index (χ1n) is 8.90. The van der Waals surface area contributed by atoms with Gasteiger partial charge in [0.25, 0.3) is 11.8 Å². The number of amides is 2. The first-order valence-corrected chi connectivity index (χ1v) is 8.90. The molecule has 1 heterocycles. The standard InChI is InChI=1S/C20H22N2O5/c1-13-7-9-20(10-8-13,19(25)26)22-17(23)14-4-2-5-15(12-14)21-18(24)16-6-3-11-27-16/h2-6,11-13H,7-10H2,1H3,(H,21,24)(H,22,23)(H,25,26). The molecule has 7 heteroatoms. The van der Waals surface area contributed by atoms with Crippen LogP contribution < -0.4 is 10.6 Å². The number of anilines is 1. The number of rotatable bonds is 5. The third-order valence-electron chi connectivity index (χ3n) is 5.02. The lowest BCUT2D eigenvalue weighted by Crippen LogP contribution is -2.56. The molecule has 3 rings (SSSR count). The van der Waals surface area contributed by atoms with E-state index in [0.717, 1.165) is 12.8 Å². The van der Waals surface area contributed by atoms with E-state index < -0.39 is 23.3 Å². The van der Waals surface area contributed by atoms with Gasteiger partial charge in [0.1, 0.15) is 5.54 Å². The zero-order chi connectivity index (χ0) is 19.4. The van der Waals surface area contributed by atoms with E-state index in [-0.39, 0.29) is 11.3 Å². The maximum Gasteiger partial charge on any atom is 0.329 e. The highest BCUT2D eigenvalue weighted by atomic mass is 16.4. The number of aliphatic carboxylic acids is 1. The Balaban J connectivity index is 1.73. The number of carbonyl (C=O) groups is 3. The van der Waals surface area contributed by atoms with Crippen LogP contribution in [0.15, 0.2) is 47.1 Å². The number of carbonyl (C=O) groups excluding carboxylic acids is 2. The van der Waals surface area contributed by atoms with E-state index in [9.17, 15) is 19.5 Å². The van der Waals surface area contributed by atoms with Crippen molar-refractivity contribution in [3.63, 3.8) is 0 Å². The summed E-state index contributed by atoms with van der Waals surface area (Å²) < 4.78 is 5.04. The molecule has 1 aromatic heterocycles. The van der Waals surface area contributed by atoms with Crippen LogP contribution in [0, 0.1) is 5.92 Å². The third-order valence-corrected chi connectivity index (χ3v) is 5.02. The quantitative estimate of drug-likeness (QED) is 0.748. The van der Waals surface area contributed by atoms with Gasteiger partial charge in [-0.25, -0.2) is 4.79 Å². The summed E-state index contributed by atoms with van der Waals surface area (Å²) in [5, 5.41) is 15.0. The van der Waals surface area contributed by atoms with Gasteiger partial charge < -0.3 is 20.2 Å². The van der Waals surface area contributed by atoms with Gasteiger partial charge in [0.05, 0.1) is 6.26 Å². The molecule has 1 aromatic carbocycles. The molecular formula is C20H22N2O5. The van der Waals surface area contributed by atoms with Crippen molar-refractivity contribution < 1.29 is 23.9 Å². The Labute approximate surface area is 156 Å². The Morgan fingerprint density at radius 2 is 1.85 bits per heavy atom. The Hall–Kier alpha value is -3.09. The zero-order valence-corrected chi connectivity index (χ0v) is 15.0. The summed E-state index contributed by atoms with van der Waals surface area (Å²) in [5.41, 5.74) is -0.533. The second-order valence-corrected chi connectivity index (χ2v) is 7.04.